The van der Waals surface area contributed by atoms with Gasteiger partial charge in [-0.05, 0) is 13.8 Å². The maximum Gasteiger partial charge on any atom is 0.244 e. The molecule has 1 aromatic heterocycles. The van der Waals surface area contributed by atoms with Crippen molar-refractivity contribution in [3.05, 3.63) is 12.7 Å². The maximum atomic E-state index is 11.5. The largest absolute Gasteiger partial charge is 0.342 e. The Labute approximate surface area is 77.4 Å². The fraction of sp³-hybridized carbons (Fsp3) is 0.625. The molecule has 0 radical (unpaired) electrons. The first-order valence-corrected chi connectivity index (χ1v) is 4.38. The molecule has 0 bridgehead atoms. The van der Waals surface area contributed by atoms with E-state index in [1.807, 2.05) is 13.8 Å². The van der Waals surface area contributed by atoms with Crippen molar-refractivity contribution < 1.29 is 4.79 Å². The third-order valence-electron chi connectivity index (χ3n) is 1.88. The number of nitrogens with zero attached hydrogens (tertiary/aromatic N) is 4. The third kappa shape index (κ3) is 2.54. The predicted octanol–water partition coefficient (Wildman–Crippen LogP) is 0.146. The molecule has 1 heterocycles. The molecule has 13 heavy (non-hydrogen) atoms. The predicted molar refractivity (Wildman–Crippen MR) is 48.0 cm³/mol. The van der Waals surface area contributed by atoms with Crippen LogP contribution in [0.1, 0.15) is 13.8 Å². The Morgan fingerprint density at radius 1 is 1.46 bits per heavy atom. The van der Waals surface area contributed by atoms with Gasteiger partial charge in [0, 0.05) is 13.1 Å². The first-order chi connectivity index (χ1) is 6.27. The van der Waals surface area contributed by atoms with E-state index in [-0.39, 0.29) is 12.5 Å². The zero-order valence-corrected chi connectivity index (χ0v) is 7.97. The maximum absolute atomic E-state index is 11.5. The Balaban J connectivity index is 2.49. The Bertz CT molecular complexity index is 253. The fourth-order valence-corrected chi connectivity index (χ4v) is 1.13. The number of amides is 1. The van der Waals surface area contributed by atoms with Crippen LogP contribution in [0.5, 0.6) is 0 Å². The molecule has 1 rings (SSSR count). The second-order valence-electron chi connectivity index (χ2n) is 2.66. The minimum absolute atomic E-state index is 0.0792. The summed E-state index contributed by atoms with van der Waals surface area (Å²) in [6, 6.07) is 0. The van der Waals surface area contributed by atoms with Gasteiger partial charge in [-0.25, -0.2) is 9.67 Å². The summed E-state index contributed by atoms with van der Waals surface area (Å²) in [5.74, 6) is 0.0792. The van der Waals surface area contributed by atoms with Gasteiger partial charge in [0.05, 0.1) is 0 Å². The molecule has 1 aromatic rings. The van der Waals surface area contributed by atoms with Crippen molar-refractivity contribution in [1.29, 1.82) is 0 Å². The van der Waals surface area contributed by atoms with Gasteiger partial charge < -0.3 is 4.90 Å². The van der Waals surface area contributed by atoms with Gasteiger partial charge in [-0.3, -0.25) is 4.79 Å². The summed E-state index contributed by atoms with van der Waals surface area (Å²) in [5.41, 5.74) is 0. The summed E-state index contributed by atoms with van der Waals surface area (Å²) in [6.07, 6.45) is 2.97. The monoisotopic (exact) mass is 182 g/mol. The van der Waals surface area contributed by atoms with E-state index in [4.69, 9.17) is 0 Å². The van der Waals surface area contributed by atoms with E-state index in [0.717, 1.165) is 13.1 Å². The molecule has 5 heteroatoms. The van der Waals surface area contributed by atoms with Crippen LogP contribution in [-0.4, -0.2) is 38.7 Å². The van der Waals surface area contributed by atoms with Gasteiger partial charge in [0.15, 0.2) is 0 Å². The van der Waals surface area contributed by atoms with Crippen LogP contribution in [0.25, 0.3) is 0 Å². The summed E-state index contributed by atoms with van der Waals surface area (Å²) in [6.45, 7) is 5.68. The summed E-state index contributed by atoms with van der Waals surface area (Å²) < 4.78 is 1.53. The molecular formula is C8H14N4O. The second-order valence-corrected chi connectivity index (χ2v) is 2.66. The van der Waals surface area contributed by atoms with Crippen molar-refractivity contribution in [3.8, 4) is 0 Å². The van der Waals surface area contributed by atoms with Gasteiger partial charge in [0.2, 0.25) is 5.91 Å². The Morgan fingerprint density at radius 2 is 2.15 bits per heavy atom. The van der Waals surface area contributed by atoms with Crippen LogP contribution in [0.3, 0.4) is 0 Å². The molecule has 0 unspecified atom stereocenters. The molecule has 0 aliphatic carbocycles. The van der Waals surface area contributed by atoms with E-state index >= 15 is 0 Å². The molecule has 72 valence electrons. The van der Waals surface area contributed by atoms with E-state index in [1.54, 1.807) is 11.2 Å². The SMILES string of the molecule is CCN(CC)C(=O)Cn1cncn1. The standard InChI is InChI=1S/C8H14N4O/c1-3-11(4-2)8(13)5-12-7-9-6-10-12/h6-7H,3-5H2,1-2H3. The molecule has 5 nitrogen and oxygen atoms in total. The zero-order chi connectivity index (χ0) is 9.68. The highest BCUT2D eigenvalue weighted by Crippen LogP contribution is 1.91. The Kier molecular flexibility index (Phi) is 3.42. The molecule has 0 atom stereocenters. The van der Waals surface area contributed by atoms with Crippen LogP contribution in [0.2, 0.25) is 0 Å². The smallest absolute Gasteiger partial charge is 0.244 e. The van der Waals surface area contributed by atoms with Gasteiger partial charge in [-0.15, -0.1) is 0 Å². The number of hydrogen-bond donors (Lipinski definition) is 0. The summed E-state index contributed by atoms with van der Waals surface area (Å²) in [5, 5.41) is 3.87. The topological polar surface area (TPSA) is 51.0 Å². The van der Waals surface area contributed by atoms with Crippen molar-refractivity contribution in [2.75, 3.05) is 13.1 Å². The van der Waals surface area contributed by atoms with Crippen LogP contribution in [0, 0.1) is 0 Å². The third-order valence-corrected chi connectivity index (χ3v) is 1.88. The van der Waals surface area contributed by atoms with Gasteiger partial charge in [0.25, 0.3) is 0 Å². The number of carbonyl (C=O) groups is 1. The molecular weight excluding hydrogens is 168 g/mol. The Morgan fingerprint density at radius 3 is 2.62 bits per heavy atom. The number of likely N-dealkylation sites (N-methyl/N-ethyl adjacent to an activating group) is 1. The molecule has 0 fully saturated rings. The lowest BCUT2D eigenvalue weighted by Gasteiger charge is -2.17. The van der Waals surface area contributed by atoms with E-state index < -0.39 is 0 Å². The molecule has 0 aromatic carbocycles. The molecule has 0 aliphatic heterocycles. The second kappa shape index (κ2) is 4.59. The number of carbonyl (C=O) groups excluding carboxylic acids is 1. The lowest BCUT2D eigenvalue weighted by molar-refractivity contribution is -0.131. The van der Waals surface area contributed by atoms with Gasteiger partial charge in [-0.2, -0.15) is 5.10 Å². The lowest BCUT2D eigenvalue weighted by atomic mass is 10.4. The van der Waals surface area contributed by atoms with Crippen molar-refractivity contribution in [1.82, 2.24) is 19.7 Å². The zero-order valence-electron chi connectivity index (χ0n) is 7.97. The molecule has 0 N–H and O–H groups in total. The summed E-state index contributed by atoms with van der Waals surface area (Å²) in [4.78, 5) is 17.0. The highest BCUT2D eigenvalue weighted by Gasteiger charge is 2.09. The van der Waals surface area contributed by atoms with Crippen LogP contribution < -0.4 is 0 Å². The van der Waals surface area contributed by atoms with E-state index in [0.29, 0.717) is 0 Å². The van der Waals surface area contributed by atoms with E-state index in [1.165, 1.54) is 11.0 Å². The van der Waals surface area contributed by atoms with Crippen LogP contribution in [0.15, 0.2) is 12.7 Å². The molecule has 0 saturated carbocycles. The van der Waals surface area contributed by atoms with E-state index in [2.05, 4.69) is 10.1 Å². The molecule has 0 aliphatic rings. The van der Waals surface area contributed by atoms with Crippen molar-refractivity contribution in [2.45, 2.75) is 20.4 Å². The molecule has 1 amide bonds. The number of hydrogen-bond acceptors (Lipinski definition) is 3. The highest BCUT2D eigenvalue weighted by molar-refractivity contribution is 5.75. The fourth-order valence-electron chi connectivity index (χ4n) is 1.13. The average Bonchev–Trinajstić information content (AvgIpc) is 2.59. The van der Waals surface area contributed by atoms with Crippen LogP contribution >= 0.6 is 0 Å². The van der Waals surface area contributed by atoms with E-state index in [9.17, 15) is 4.79 Å². The quantitative estimate of drug-likeness (QED) is 0.666. The lowest BCUT2D eigenvalue weighted by Crippen LogP contribution is -2.33. The normalized spacial score (nSPS) is 10.0. The average molecular weight is 182 g/mol. The van der Waals surface area contributed by atoms with Crippen molar-refractivity contribution in [2.24, 2.45) is 0 Å². The molecule has 0 saturated heterocycles. The Hall–Kier alpha value is -1.39. The molecule has 0 spiro atoms. The summed E-state index contributed by atoms with van der Waals surface area (Å²) >= 11 is 0. The number of aromatic nitrogens is 3. The van der Waals surface area contributed by atoms with Gasteiger partial charge >= 0.3 is 0 Å². The van der Waals surface area contributed by atoms with Crippen molar-refractivity contribution >= 4 is 5.91 Å². The van der Waals surface area contributed by atoms with Gasteiger partial charge in [0.1, 0.15) is 19.2 Å². The first-order valence-electron chi connectivity index (χ1n) is 4.38. The van der Waals surface area contributed by atoms with Gasteiger partial charge in [-0.1, -0.05) is 0 Å². The highest BCUT2D eigenvalue weighted by atomic mass is 16.2. The van der Waals surface area contributed by atoms with Crippen LogP contribution in [0.4, 0.5) is 0 Å². The van der Waals surface area contributed by atoms with Crippen molar-refractivity contribution in [3.63, 3.8) is 0 Å². The van der Waals surface area contributed by atoms with Crippen LogP contribution in [-0.2, 0) is 11.3 Å². The summed E-state index contributed by atoms with van der Waals surface area (Å²) in [7, 11) is 0. The first kappa shape index (κ1) is 9.70. The minimum atomic E-state index is 0.0792. The minimum Gasteiger partial charge on any atom is -0.342 e. The number of rotatable bonds is 4.